The standard InChI is InChI=1S/C49H51NO8.24H2/c1-3-5-7-9-11-13-15-17-18-19-20-21-22-23-24-25-26-27-29-31-33-35-37-39-47(55)50-43(41-58-42-46(54)49(57)45(53)40-51)48(56)44(52)38-36-34-32-30-28-16-14-12-10-8-6-4-2;;;;;;;;;;;;;;;;;;;;;;;;/h43-46,48-49,51-54,56-57H,4,6,8,10,12,14,16,28,30,32,34,36,38,40-42H2,1-2H3,(H,50,55);24*1H/t43-,44+,45-,46?,48-,49-;;;;;;;;;;;;;;;;;;;;;;;;/m0......................../s1. The molecule has 9 heteroatoms. The summed E-state index contributed by atoms with van der Waals surface area (Å²) in [7, 11) is 0. The Kier molecular flexibility index (Phi) is 35.0. The zero-order chi connectivity index (χ0) is 42.7. The molecule has 0 saturated carbocycles. The second-order valence-corrected chi connectivity index (χ2v) is 12.3. The average Bonchev–Trinajstić information content (AvgIpc) is 3.22. The van der Waals surface area contributed by atoms with Gasteiger partial charge in [0, 0.05) is 75.7 Å². The maximum atomic E-state index is 12.5. The summed E-state index contributed by atoms with van der Waals surface area (Å²) in [4.78, 5) is 12.5. The molecule has 7 N–H and O–H groups in total. The van der Waals surface area contributed by atoms with Crippen LogP contribution in [0.25, 0.3) is 0 Å². The van der Waals surface area contributed by atoms with Crippen molar-refractivity contribution in [2.24, 2.45) is 0 Å². The first-order valence-electron chi connectivity index (χ1n) is 19.1. The molecule has 0 aliphatic heterocycles. The van der Waals surface area contributed by atoms with E-state index in [4.69, 9.17) is 9.84 Å². The molecule has 9 nitrogen and oxygen atoms in total. The molecule has 0 aliphatic rings. The highest BCUT2D eigenvalue weighted by molar-refractivity contribution is 5.94. The second-order valence-electron chi connectivity index (χ2n) is 12.3. The minimum Gasteiger partial charge on any atom is -0.394 e. The van der Waals surface area contributed by atoms with Gasteiger partial charge in [-0.05, 0) is 108 Å². The number of nitrogens with one attached hydrogen (secondary N) is 1. The van der Waals surface area contributed by atoms with Gasteiger partial charge >= 0.3 is 0 Å². The van der Waals surface area contributed by atoms with E-state index >= 15 is 0 Å². The molecule has 0 aromatic heterocycles. The normalized spacial score (nSPS) is 11.7. The van der Waals surface area contributed by atoms with Crippen molar-refractivity contribution in [3.63, 3.8) is 0 Å². The summed E-state index contributed by atoms with van der Waals surface area (Å²) in [6.07, 6.45) is 6.65. The Morgan fingerprint density at radius 1 is 0.500 bits per heavy atom. The number of aliphatic hydroxyl groups excluding tert-OH is 6. The Bertz CT molecular complexity index is 2110. The molecule has 58 heavy (non-hydrogen) atoms. The second kappa shape index (κ2) is 39.2. The molecule has 1 unspecified atom stereocenters. The predicted molar refractivity (Wildman–Crippen MR) is 275 cm³/mol. The third-order valence-corrected chi connectivity index (χ3v) is 7.65. The van der Waals surface area contributed by atoms with Gasteiger partial charge in [0.2, 0.25) is 0 Å². The van der Waals surface area contributed by atoms with Crippen LogP contribution in [0.4, 0.5) is 0 Å². The highest BCUT2D eigenvalue weighted by Gasteiger charge is 2.29. The Morgan fingerprint density at radius 2 is 0.879 bits per heavy atom. The van der Waals surface area contributed by atoms with Gasteiger partial charge < -0.3 is 40.7 Å². The first-order valence-corrected chi connectivity index (χ1v) is 19.1. The van der Waals surface area contributed by atoms with Crippen LogP contribution in [0.3, 0.4) is 0 Å². The number of hydrogen-bond acceptors (Lipinski definition) is 8. The van der Waals surface area contributed by atoms with Gasteiger partial charge in [-0.15, -0.1) is 0 Å². The summed E-state index contributed by atoms with van der Waals surface area (Å²) in [6.45, 7) is 2.26. The lowest BCUT2D eigenvalue weighted by Gasteiger charge is -2.28. The van der Waals surface area contributed by atoms with E-state index in [1.807, 2.05) is 0 Å². The Morgan fingerprint density at radius 3 is 1.28 bits per heavy atom. The largest absolute Gasteiger partial charge is 0.394 e. The molecule has 0 aliphatic carbocycles. The van der Waals surface area contributed by atoms with Crippen LogP contribution in [0.5, 0.6) is 0 Å². The SMILES string of the molecule is CC#CC#CC#CC#CC#CC#CC#CC#CC#CC#CC#CC#CC(=O)N[C@@H](COCC(O)[C@@H](O)[C@@H](O)CO)[C@H](O)[C@H](O)CCCCCCCCCCCCCC.[HH].[HH].[HH].[HH].[HH].[HH].[HH].[HH].[HH].[HH].[HH].[HH].[HH].[HH].[HH].[HH].[HH].[HH].[HH].[HH].[HH].[HH].[HH].[HH]. The zero-order valence-electron chi connectivity index (χ0n) is 33.3. The van der Waals surface area contributed by atoms with E-state index < -0.39 is 55.7 Å². The van der Waals surface area contributed by atoms with E-state index in [1.54, 1.807) is 6.92 Å². The number of aliphatic hydroxyl groups is 6. The van der Waals surface area contributed by atoms with Crippen molar-refractivity contribution in [3.8, 4) is 142 Å². The van der Waals surface area contributed by atoms with Crippen LogP contribution in [0.15, 0.2) is 0 Å². The van der Waals surface area contributed by atoms with Gasteiger partial charge in [0.1, 0.15) is 24.4 Å². The first-order chi connectivity index (χ1) is 28.3. The lowest BCUT2D eigenvalue weighted by Crippen LogP contribution is -2.51. The quantitative estimate of drug-likeness (QED) is 0.0417. The number of hydrogen-bond donors (Lipinski definition) is 7. The average molecular weight is 830 g/mol. The minimum absolute atomic E-state index is 0. The molecular formula is C49H99NO8. The molecule has 0 saturated heterocycles. The van der Waals surface area contributed by atoms with Crippen molar-refractivity contribution in [3.05, 3.63) is 0 Å². The fraction of sp³-hybridized carbons (Fsp3) is 0.490. The summed E-state index contributed by atoms with van der Waals surface area (Å²) in [5.74, 6) is 58.4. The van der Waals surface area contributed by atoms with Crippen LogP contribution in [0.2, 0.25) is 0 Å². The van der Waals surface area contributed by atoms with E-state index in [1.165, 1.54) is 51.4 Å². The van der Waals surface area contributed by atoms with Gasteiger partial charge in [-0.25, -0.2) is 0 Å². The summed E-state index contributed by atoms with van der Waals surface area (Å²) >= 11 is 0. The van der Waals surface area contributed by atoms with E-state index in [0.717, 1.165) is 19.3 Å². The first kappa shape index (κ1) is 51.9. The van der Waals surface area contributed by atoms with E-state index in [0.29, 0.717) is 12.8 Å². The van der Waals surface area contributed by atoms with E-state index in [2.05, 4.69) is 154 Å². The van der Waals surface area contributed by atoms with Crippen LogP contribution in [-0.2, 0) is 9.53 Å². The molecule has 0 spiro atoms. The minimum atomic E-state index is -1.69. The molecule has 0 aromatic carbocycles. The smallest absolute Gasteiger partial charge is 0.297 e. The van der Waals surface area contributed by atoms with Crippen LogP contribution >= 0.6 is 0 Å². The van der Waals surface area contributed by atoms with Crippen molar-refractivity contribution >= 4 is 5.91 Å². The highest BCUT2D eigenvalue weighted by atomic mass is 16.5. The van der Waals surface area contributed by atoms with Gasteiger partial charge in [-0.2, -0.15) is 0 Å². The maximum Gasteiger partial charge on any atom is 0.297 e. The fourth-order valence-electron chi connectivity index (χ4n) is 4.62. The van der Waals surface area contributed by atoms with Crippen LogP contribution in [-0.4, -0.2) is 92.9 Å². The van der Waals surface area contributed by atoms with Gasteiger partial charge in [-0.1, -0.05) is 89.9 Å². The van der Waals surface area contributed by atoms with E-state index in [-0.39, 0.29) is 40.8 Å². The summed E-state index contributed by atoms with van der Waals surface area (Å²) in [5, 5.41) is 62.5. The lowest BCUT2D eigenvalue weighted by molar-refractivity contribution is -0.121. The summed E-state index contributed by atoms with van der Waals surface area (Å²) in [6, 6.07) is -1.14. The zero-order valence-corrected chi connectivity index (χ0v) is 33.3. The van der Waals surface area contributed by atoms with Crippen molar-refractivity contribution in [1.82, 2.24) is 5.32 Å². The van der Waals surface area contributed by atoms with Gasteiger partial charge in [0.05, 0.1) is 32.0 Å². The van der Waals surface area contributed by atoms with Crippen LogP contribution in [0, 0.1) is 142 Å². The van der Waals surface area contributed by atoms with Crippen molar-refractivity contribution in [2.45, 2.75) is 134 Å². The fourth-order valence-corrected chi connectivity index (χ4v) is 4.62. The van der Waals surface area contributed by atoms with Crippen LogP contribution in [0.1, 0.15) is 132 Å². The van der Waals surface area contributed by atoms with Gasteiger partial charge in [0.15, 0.2) is 0 Å². The van der Waals surface area contributed by atoms with Crippen molar-refractivity contribution < 1.29 is 74.4 Å². The summed E-state index contributed by atoms with van der Waals surface area (Å²) in [5.41, 5.74) is 0. The van der Waals surface area contributed by atoms with Crippen molar-refractivity contribution in [2.75, 3.05) is 19.8 Å². The monoisotopic (exact) mass is 830 g/mol. The number of amides is 1. The molecule has 0 fully saturated rings. The van der Waals surface area contributed by atoms with Crippen molar-refractivity contribution in [1.29, 1.82) is 0 Å². The number of carbonyl (C=O) groups excluding carboxylic acids is 1. The highest BCUT2D eigenvalue weighted by Crippen LogP contribution is 2.15. The molecule has 0 heterocycles. The predicted octanol–water partition coefficient (Wildman–Crippen LogP) is 7.34. The molecule has 0 aromatic rings. The molecule has 6 atom stereocenters. The van der Waals surface area contributed by atoms with Gasteiger partial charge in [0.25, 0.3) is 5.91 Å². The lowest BCUT2D eigenvalue weighted by atomic mass is 9.99. The van der Waals surface area contributed by atoms with E-state index in [9.17, 15) is 30.3 Å². The molecule has 1 amide bonds. The topological polar surface area (TPSA) is 160 Å². The number of ether oxygens (including phenoxy) is 1. The molecular weight excluding hydrogens is 731 g/mol. The third kappa shape index (κ3) is 32.2. The number of carbonyl (C=O) groups is 1. The number of rotatable bonds is 23. The Labute approximate surface area is 381 Å². The summed E-state index contributed by atoms with van der Waals surface area (Å²) < 4.78 is 5.38. The maximum absolute atomic E-state index is 12.5. The van der Waals surface area contributed by atoms with Crippen LogP contribution < -0.4 is 5.32 Å². The molecule has 0 rings (SSSR count). The molecule has 0 bridgehead atoms. The number of unbranched alkanes of at least 4 members (excludes halogenated alkanes) is 11. The molecule has 0 radical (unpaired) electrons. The Balaban J connectivity index is -0.0000000589. The third-order valence-electron chi connectivity index (χ3n) is 7.65. The Hall–Kier alpha value is -6.09. The molecule has 348 valence electrons. The van der Waals surface area contributed by atoms with Gasteiger partial charge in [-0.3, -0.25) is 4.79 Å².